The minimum atomic E-state index is 0.0777. The molecular weight excluding hydrogens is 532 g/mol. The van der Waals surface area contributed by atoms with Gasteiger partial charge in [-0.25, -0.2) is 4.98 Å². The molecule has 0 spiro atoms. The molecule has 7 nitrogen and oxygen atoms in total. The number of rotatable bonds is 8. The van der Waals surface area contributed by atoms with Crippen LogP contribution in [0, 0.1) is 18.3 Å². The van der Waals surface area contributed by atoms with Crippen molar-refractivity contribution < 1.29 is 14.3 Å². The summed E-state index contributed by atoms with van der Waals surface area (Å²) >= 11 is 3.54. The quantitative estimate of drug-likeness (QED) is 0.236. The standard InChI is InChI=1S/C26H29BrN4O.C3H6O2/c1-17(2)25(28)24-23(19-7-9-22(10-8-19)31-11-13-32-14-12-31)15-18(3)29-26(24)30-21-6-4-5-20(27)16-21;1-2-5-3-4/h4-10,15-17,28H,11-14H2,1-3H3,(H,29,30);3H,2H2,1H3. The van der Waals surface area contributed by atoms with Crippen molar-refractivity contribution in [2.75, 3.05) is 43.1 Å². The van der Waals surface area contributed by atoms with Crippen molar-refractivity contribution in [3.05, 3.63) is 70.3 Å². The molecule has 37 heavy (non-hydrogen) atoms. The van der Waals surface area contributed by atoms with Gasteiger partial charge < -0.3 is 25.1 Å². The predicted molar refractivity (Wildman–Crippen MR) is 154 cm³/mol. The number of nitrogens with zero attached hydrogens (tertiary/aromatic N) is 2. The predicted octanol–water partition coefficient (Wildman–Crippen LogP) is 6.60. The fourth-order valence-corrected chi connectivity index (χ4v) is 4.40. The zero-order chi connectivity index (χ0) is 26.8. The second-order valence-electron chi connectivity index (χ2n) is 8.94. The molecule has 0 atom stereocenters. The fraction of sp³-hybridized carbons (Fsp3) is 0.345. The number of pyridine rings is 1. The average Bonchev–Trinajstić information content (AvgIpc) is 2.89. The van der Waals surface area contributed by atoms with Gasteiger partial charge in [-0.1, -0.05) is 48.0 Å². The number of ether oxygens (including phenoxy) is 2. The van der Waals surface area contributed by atoms with Gasteiger partial charge in [-0.15, -0.1) is 0 Å². The van der Waals surface area contributed by atoms with Gasteiger partial charge in [0.05, 0.1) is 19.8 Å². The first-order chi connectivity index (χ1) is 17.8. The van der Waals surface area contributed by atoms with Gasteiger partial charge in [-0.2, -0.15) is 0 Å². The summed E-state index contributed by atoms with van der Waals surface area (Å²) in [5.41, 5.74) is 6.59. The minimum Gasteiger partial charge on any atom is -0.468 e. The highest BCUT2D eigenvalue weighted by molar-refractivity contribution is 9.10. The Labute approximate surface area is 227 Å². The van der Waals surface area contributed by atoms with Gasteiger partial charge in [0.1, 0.15) is 5.82 Å². The highest BCUT2D eigenvalue weighted by atomic mass is 79.9. The lowest BCUT2D eigenvalue weighted by atomic mass is 9.91. The zero-order valence-electron chi connectivity index (χ0n) is 21.9. The Morgan fingerprint density at radius 3 is 2.46 bits per heavy atom. The van der Waals surface area contributed by atoms with Crippen molar-refractivity contribution in [3.8, 4) is 11.1 Å². The number of aromatic nitrogens is 1. The number of nitrogens with one attached hydrogen (secondary N) is 2. The summed E-state index contributed by atoms with van der Waals surface area (Å²) < 4.78 is 10.6. The molecule has 2 N–H and O–H groups in total. The van der Waals surface area contributed by atoms with Crippen LogP contribution >= 0.6 is 15.9 Å². The third-order valence-corrected chi connectivity index (χ3v) is 6.36. The van der Waals surface area contributed by atoms with E-state index < -0.39 is 0 Å². The zero-order valence-corrected chi connectivity index (χ0v) is 23.5. The summed E-state index contributed by atoms with van der Waals surface area (Å²) in [5, 5.41) is 12.3. The maximum Gasteiger partial charge on any atom is 0.293 e. The molecule has 0 radical (unpaired) electrons. The van der Waals surface area contributed by atoms with Crippen LogP contribution in [0.1, 0.15) is 32.0 Å². The number of hydrogen-bond donors (Lipinski definition) is 2. The fourth-order valence-electron chi connectivity index (χ4n) is 4.00. The lowest BCUT2D eigenvalue weighted by Crippen LogP contribution is -2.36. The molecule has 0 amide bonds. The first-order valence-corrected chi connectivity index (χ1v) is 13.2. The van der Waals surface area contributed by atoms with Crippen molar-refractivity contribution in [1.29, 1.82) is 5.41 Å². The topological polar surface area (TPSA) is 87.5 Å². The second-order valence-corrected chi connectivity index (χ2v) is 9.85. The molecular formula is C29H35BrN4O3. The molecule has 196 valence electrons. The number of carbonyl (C=O) groups excluding carboxylic acids is 1. The van der Waals surface area contributed by atoms with E-state index >= 15 is 0 Å². The Balaban J connectivity index is 0.000000695. The molecule has 0 saturated carbocycles. The van der Waals surface area contributed by atoms with Crippen LogP contribution in [0.4, 0.5) is 17.2 Å². The Hall–Kier alpha value is -3.23. The van der Waals surface area contributed by atoms with Crippen LogP contribution in [0.2, 0.25) is 0 Å². The molecule has 1 fully saturated rings. The Morgan fingerprint density at radius 1 is 1.19 bits per heavy atom. The van der Waals surface area contributed by atoms with Crippen LogP contribution in [0.3, 0.4) is 0 Å². The van der Waals surface area contributed by atoms with Crippen molar-refractivity contribution in [2.24, 2.45) is 5.92 Å². The van der Waals surface area contributed by atoms with Crippen LogP contribution in [0.5, 0.6) is 0 Å². The van der Waals surface area contributed by atoms with Gasteiger partial charge in [0.25, 0.3) is 6.47 Å². The van der Waals surface area contributed by atoms with E-state index in [0.29, 0.717) is 24.6 Å². The van der Waals surface area contributed by atoms with Gasteiger partial charge in [0.15, 0.2) is 0 Å². The Morgan fingerprint density at radius 2 is 1.89 bits per heavy atom. The summed E-state index contributed by atoms with van der Waals surface area (Å²) in [7, 11) is 0. The lowest BCUT2D eigenvalue weighted by Gasteiger charge is -2.29. The molecule has 1 aromatic heterocycles. The normalized spacial score (nSPS) is 13.0. The Bertz CT molecular complexity index is 1190. The number of halogens is 1. The largest absolute Gasteiger partial charge is 0.468 e. The summed E-state index contributed by atoms with van der Waals surface area (Å²) in [6.07, 6.45) is 0. The third kappa shape index (κ3) is 7.87. The first kappa shape index (κ1) is 28.3. The molecule has 2 aromatic carbocycles. The molecule has 1 saturated heterocycles. The number of hydrogen-bond acceptors (Lipinski definition) is 7. The summed E-state index contributed by atoms with van der Waals surface area (Å²) in [6.45, 7) is 12.1. The summed E-state index contributed by atoms with van der Waals surface area (Å²) in [4.78, 5) is 16.3. The molecule has 2 heterocycles. The second kappa shape index (κ2) is 13.9. The molecule has 0 unspecified atom stereocenters. The molecule has 1 aliphatic rings. The van der Waals surface area contributed by atoms with E-state index in [1.165, 1.54) is 5.69 Å². The van der Waals surface area contributed by atoms with Gasteiger partial charge in [0, 0.05) is 45.9 Å². The van der Waals surface area contributed by atoms with Crippen LogP contribution < -0.4 is 10.2 Å². The summed E-state index contributed by atoms with van der Waals surface area (Å²) in [6, 6.07) is 18.7. The molecule has 0 bridgehead atoms. The average molecular weight is 568 g/mol. The number of aryl methyl sites for hydroxylation is 1. The van der Waals surface area contributed by atoms with E-state index in [2.05, 4.69) is 75.1 Å². The van der Waals surface area contributed by atoms with Crippen LogP contribution in [-0.2, 0) is 14.3 Å². The van der Waals surface area contributed by atoms with Crippen LogP contribution in [0.15, 0.2) is 59.1 Å². The maximum atomic E-state index is 9.18. The van der Waals surface area contributed by atoms with E-state index in [1.54, 1.807) is 6.92 Å². The van der Waals surface area contributed by atoms with E-state index in [-0.39, 0.29) is 5.92 Å². The number of carbonyl (C=O) groups is 1. The summed E-state index contributed by atoms with van der Waals surface area (Å²) in [5.74, 6) is 0.794. The van der Waals surface area contributed by atoms with Crippen molar-refractivity contribution in [3.63, 3.8) is 0 Å². The first-order valence-electron chi connectivity index (χ1n) is 12.5. The molecule has 4 rings (SSSR count). The molecule has 1 aliphatic heterocycles. The Kier molecular flexibility index (Phi) is 10.7. The van der Waals surface area contributed by atoms with Gasteiger partial charge in [-0.05, 0) is 67.3 Å². The van der Waals surface area contributed by atoms with E-state index in [4.69, 9.17) is 15.1 Å². The van der Waals surface area contributed by atoms with E-state index in [1.807, 2.05) is 31.2 Å². The van der Waals surface area contributed by atoms with Crippen LogP contribution in [0.25, 0.3) is 11.1 Å². The van der Waals surface area contributed by atoms with E-state index in [0.717, 1.165) is 58.8 Å². The number of anilines is 3. The smallest absolute Gasteiger partial charge is 0.293 e. The molecule has 3 aromatic rings. The SMILES string of the molecule is CCOC=O.Cc1cc(-c2ccc(N3CCOCC3)cc2)c(C(=N)C(C)C)c(Nc2cccc(Br)c2)n1. The highest BCUT2D eigenvalue weighted by Crippen LogP contribution is 2.34. The number of benzene rings is 2. The number of morpholine rings is 1. The van der Waals surface area contributed by atoms with Crippen molar-refractivity contribution >= 4 is 45.3 Å². The maximum absolute atomic E-state index is 9.18. The van der Waals surface area contributed by atoms with Crippen molar-refractivity contribution in [2.45, 2.75) is 27.7 Å². The highest BCUT2D eigenvalue weighted by Gasteiger charge is 2.20. The minimum absolute atomic E-state index is 0.0777. The molecule has 8 heteroatoms. The van der Waals surface area contributed by atoms with Crippen LogP contribution in [-0.4, -0.2) is 50.1 Å². The van der Waals surface area contributed by atoms with Gasteiger partial charge >= 0.3 is 0 Å². The van der Waals surface area contributed by atoms with E-state index in [9.17, 15) is 4.79 Å². The van der Waals surface area contributed by atoms with Crippen molar-refractivity contribution in [1.82, 2.24) is 4.98 Å². The monoisotopic (exact) mass is 566 g/mol. The third-order valence-electron chi connectivity index (χ3n) is 5.87. The molecule has 0 aliphatic carbocycles. The van der Waals surface area contributed by atoms with Gasteiger partial charge in [0.2, 0.25) is 0 Å². The lowest BCUT2D eigenvalue weighted by molar-refractivity contribution is -0.128. The van der Waals surface area contributed by atoms with Gasteiger partial charge in [-0.3, -0.25) is 4.79 Å².